The van der Waals surface area contributed by atoms with Gasteiger partial charge in [0.25, 0.3) is 0 Å². The molecule has 1 rings (SSSR count). The van der Waals surface area contributed by atoms with Gasteiger partial charge in [-0.25, -0.2) is 4.79 Å². The number of carbonyl (C=O) groups is 2. The lowest BCUT2D eigenvalue weighted by atomic mass is 10.3. The molecule has 0 aromatic carbocycles. The van der Waals surface area contributed by atoms with E-state index >= 15 is 0 Å². The molecular formula is C7H5BrO3S. The lowest BCUT2D eigenvalue weighted by molar-refractivity contribution is 0.0701. The first-order valence-electron chi connectivity index (χ1n) is 3.06. The average Bonchev–Trinajstić information content (AvgIpc) is 2.30. The Morgan fingerprint density at radius 3 is 2.42 bits per heavy atom. The van der Waals surface area contributed by atoms with Crippen molar-refractivity contribution < 1.29 is 14.7 Å². The SMILES string of the molecule is CC(=O)c1cc(Br)c(C(=O)O)s1. The summed E-state index contributed by atoms with van der Waals surface area (Å²) in [5.41, 5.74) is 0. The lowest BCUT2D eigenvalue weighted by Gasteiger charge is -1.85. The zero-order valence-corrected chi connectivity index (χ0v) is 8.53. The predicted molar refractivity (Wildman–Crippen MR) is 49.0 cm³/mol. The smallest absolute Gasteiger partial charge is 0.347 e. The van der Waals surface area contributed by atoms with E-state index in [1.807, 2.05) is 0 Å². The maximum absolute atomic E-state index is 10.8. The van der Waals surface area contributed by atoms with Gasteiger partial charge in [-0.3, -0.25) is 4.79 Å². The number of thiophene rings is 1. The highest BCUT2D eigenvalue weighted by Crippen LogP contribution is 2.27. The van der Waals surface area contributed by atoms with Crippen LogP contribution in [0.2, 0.25) is 0 Å². The van der Waals surface area contributed by atoms with Crippen LogP contribution in [0.4, 0.5) is 0 Å². The highest BCUT2D eigenvalue weighted by Gasteiger charge is 2.14. The van der Waals surface area contributed by atoms with Gasteiger partial charge in [-0.1, -0.05) is 0 Å². The van der Waals surface area contributed by atoms with Gasteiger partial charge >= 0.3 is 5.97 Å². The van der Waals surface area contributed by atoms with Crippen LogP contribution in [0.25, 0.3) is 0 Å². The van der Waals surface area contributed by atoms with E-state index in [0.29, 0.717) is 9.35 Å². The molecule has 0 saturated carbocycles. The minimum Gasteiger partial charge on any atom is -0.477 e. The summed E-state index contributed by atoms with van der Waals surface area (Å²) in [7, 11) is 0. The Morgan fingerprint density at radius 2 is 2.17 bits per heavy atom. The van der Waals surface area contributed by atoms with E-state index in [-0.39, 0.29) is 10.7 Å². The molecule has 0 aliphatic heterocycles. The molecule has 0 bridgehead atoms. The van der Waals surface area contributed by atoms with Gasteiger partial charge in [0, 0.05) is 4.47 Å². The van der Waals surface area contributed by atoms with Crippen LogP contribution < -0.4 is 0 Å². The van der Waals surface area contributed by atoms with Crippen LogP contribution in [0.3, 0.4) is 0 Å². The summed E-state index contributed by atoms with van der Waals surface area (Å²) in [6.45, 7) is 1.41. The Balaban J connectivity index is 3.17. The van der Waals surface area contributed by atoms with Crippen molar-refractivity contribution in [2.24, 2.45) is 0 Å². The van der Waals surface area contributed by atoms with Crippen LogP contribution in [0, 0.1) is 0 Å². The molecule has 1 N–H and O–H groups in total. The van der Waals surface area contributed by atoms with E-state index < -0.39 is 5.97 Å². The Bertz CT molecular complexity index is 342. The summed E-state index contributed by atoms with van der Waals surface area (Å²) in [5.74, 6) is -1.13. The molecule has 0 atom stereocenters. The van der Waals surface area contributed by atoms with Crippen molar-refractivity contribution in [1.29, 1.82) is 0 Å². The molecule has 0 fully saturated rings. The monoisotopic (exact) mass is 248 g/mol. The molecule has 3 nitrogen and oxygen atoms in total. The Labute approximate surface area is 81.2 Å². The fraction of sp³-hybridized carbons (Fsp3) is 0.143. The van der Waals surface area contributed by atoms with Gasteiger partial charge in [0.05, 0.1) is 4.88 Å². The van der Waals surface area contributed by atoms with Crippen LogP contribution in [0.1, 0.15) is 26.3 Å². The number of ketones is 1. The van der Waals surface area contributed by atoms with Crippen LogP contribution >= 0.6 is 27.3 Å². The molecule has 0 saturated heterocycles. The fourth-order valence-electron chi connectivity index (χ4n) is 0.688. The number of carboxylic acid groups (broad SMARTS) is 1. The molecule has 12 heavy (non-hydrogen) atoms. The van der Waals surface area contributed by atoms with Crippen LogP contribution in [-0.2, 0) is 0 Å². The molecule has 64 valence electrons. The summed E-state index contributed by atoms with van der Waals surface area (Å²) in [4.78, 5) is 22.0. The average molecular weight is 249 g/mol. The first-order valence-corrected chi connectivity index (χ1v) is 4.67. The number of halogens is 1. The molecule has 0 spiro atoms. The fourth-order valence-corrected chi connectivity index (χ4v) is 2.27. The minimum absolute atomic E-state index is 0.117. The van der Waals surface area contributed by atoms with Crippen molar-refractivity contribution in [3.8, 4) is 0 Å². The highest BCUT2D eigenvalue weighted by atomic mass is 79.9. The first-order chi connectivity index (χ1) is 5.52. The summed E-state index contributed by atoms with van der Waals surface area (Å²) in [6, 6.07) is 1.52. The molecule has 0 radical (unpaired) electrons. The third kappa shape index (κ3) is 1.73. The van der Waals surface area contributed by atoms with Gasteiger partial charge < -0.3 is 5.11 Å². The van der Waals surface area contributed by atoms with Gasteiger partial charge in [-0.05, 0) is 28.9 Å². The second-order valence-electron chi connectivity index (χ2n) is 2.15. The van der Waals surface area contributed by atoms with Crippen molar-refractivity contribution in [3.63, 3.8) is 0 Å². The largest absolute Gasteiger partial charge is 0.477 e. The number of hydrogen-bond acceptors (Lipinski definition) is 3. The normalized spacial score (nSPS) is 9.83. The van der Waals surface area contributed by atoms with Crippen molar-refractivity contribution in [3.05, 3.63) is 20.3 Å². The predicted octanol–water partition coefficient (Wildman–Crippen LogP) is 2.41. The van der Waals surface area contributed by atoms with Crippen molar-refractivity contribution >= 4 is 39.0 Å². The van der Waals surface area contributed by atoms with Gasteiger partial charge in [-0.2, -0.15) is 0 Å². The van der Waals surface area contributed by atoms with Crippen molar-refractivity contribution in [1.82, 2.24) is 0 Å². The molecule has 1 heterocycles. The third-order valence-electron chi connectivity index (χ3n) is 1.23. The van der Waals surface area contributed by atoms with E-state index in [0.717, 1.165) is 11.3 Å². The molecule has 0 aliphatic rings. The van der Waals surface area contributed by atoms with Crippen LogP contribution in [0.5, 0.6) is 0 Å². The molecule has 5 heteroatoms. The van der Waals surface area contributed by atoms with Crippen LogP contribution in [0.15, 0.2) is 10.5 Å². The highest BCUT2D eigenvalue weighted by molar-refractivity contribution is 9.10. The van der Waals surface area contributed by atoms with E-state index in [2.05, 4.69) is 15.9 Å². The number of carboxylic acids is 1. The Morgan fingerprint density at radius 1 is 1.58 bits per heavy atom. The standard InChI is InChI=1S/C7H5BrO3S/c1-3(9)5-2-4(8)6(12-5)7(10)11/h2H,1H3,(H,10,11). The van der Waals surface area contributed by atoms with Gasteiger partial charge in [-0.15, -0.1) is 11.3 Å². The van der Waals surface area contributed by atoms with Gasteiger partial charge in [0.15, 0.2) is 5.78 Å². The summed E-state index contributed by atoms with van der Waals surface area (Å²) < 4.78 is 0.463. The zero-order valence-electron chi connectivity index (χ0n) is 6.13. The topological polar surface area (TPSA) is 54.4 Å². The third-order valence-corrected chi connectivity index (χ3v) is 3.34. The second kappa shape index (κ2) is 3.37. The number of carbonyl (C=O) groups excluding carboxylic acids is 1. The summed E-state index contributed by atoms with van der Waals surface area (Å²) >= 11 is 4.04. The number of Topliss-reactive ketones (excluding diaryl/α,β-unsaturated/α-hetero) is 1. The molecule has 1 aromatic heterocycles. The van der Waals surface area contributed by atoms with E-state index in [4.69, 9.17) is 5.11 Å². The second-order valence-corrected chi connectivity index (χ2v) is 4.06. The quantitative estimate of drug-likeness (QED) is 0.819. The Kier molecular flexibility index (Phi) is 2.64. The van der Waals surface area contributed by atoms with E-state index in [9.17, 15) is 9.59 Å². The van der Waals surface area contributed by atoms with Crippen molar-refractivity contribution in [2.75, 3.05) is 0 Å². The lowest BCUT2D eigenvalue weighted by Crippen LogP contribution is -1.91. The van der Waals surface area contributed by atoms with E-state index in [1.165, 1.54) is 13.0 Å². The molecular weight excluding hydrogens is 244 g/mol. The minimum atomic E-state index is -1.01. The number of aromatic carboxylic acids is 1. The zero-order chi connectivity index (χ0) is 9.30. The van der Waals surface area contributed by atoms with E-state index in [1.54, 1.807) is 0 Å². The number of hydrogen-bond donors (Lipinski definition) is 1. The Hall–Kier alpha value is -0.680. The molecule has 0 amide bonds. The van der Waals surface area contributed by atoms with Gasteiger partial charge in [0.2, 0.25) is 0 Å². The van der Waals surface area contributed by atoms with Crippen molar-refractivity contribution in [2.45, 2.75) is 6.92 Å². The van der Waals surface area contributed by atoms with Crippen LogP contribution in [-0.4, -0.2) is 16.9 Å². The first kappa shape index (κ1) is 9.41. The summed E-state index contributed by atoms with van der Waals surface area (Å²) in [6.07, 6.45) is 0. The maximum Gasteiger partial charge on any atom is 0.347 e. The molecule has 0 unspecified atom stereocenters. The van der Waals surface area contributed by atoms with Gasteiger partial charge in [0.1, 0.15) is 4.88 Å². The summed E-state index contributed by atoms with van der Waals surface area (Å²) in [5, 5.41) is 8.63. The molecule has 1 aromatic rings. The molecule has 0 aliphatic carbocycles. The maximum atomic E-state index is 10.8. The number of rotatable bonds is 2.